The Morgan fingerprint density at radius 3 is 2.15 bits per heavy atom. The summed E-state index contributed by atoms with van der Waals surface area (Å²) in [5.74, 6) is 1.00. The largest absolute Gasteiger partial charge is 0.484 e. The number of nitrogens with one attached hydrogen (secondary N) is 2. The summed E-state index contributed by atoms with van der Waals surface area (Å²) in [5.41, 5.74) is 9.27. The molecule has 2 N–H and O–H groups in total. The number of benzene rings is 2. The summed E-state index contributed by atoms with van der Waals surface area (Å²) in [4.78, 5) is 23.5. The highest BCUT2D eigenvalue weighted by Gasteiger charge is 2.06. The number of ether oxygens (including phenoxy) is 1. The lowest BCUT2D eigenvalue weighted by Gasteiger charge is -2.10. The predicted octanol–water partition coefficient (Wildman–Crippen LogP) is 3.07. The maximum absolute atomic E-state index is 11.8. The van der Waals surface area contributed by atoms with E-state index in [4.69, 9.17) is 4.74 Å². The molecule has 6 heteroatoms. The van der Waals surface area contributed by atoms with Crippen molar-refractivity contribution in [2.24, 2.45) is 0 Å². The van der Waals surface area contributed by atoms with Crippen LogP contribution in [0.25, 0.3) is 0 Å². The van der Waals surface area contributed by atoms with Crippen molar-refractivity contribution < 1.29 is 14.3 Å². The lowest BCUT2D eigenvalue weighted by Crippen LogP contribution is -2.44. The molecule has 5 nitrogen and oxygen atoms in total. The van der Waals surface area contributed by atoms with Crippen molar-refractivity contribution in [2.75, 3.05) is 12.4 Å². The van der Waals surface area contributed by atoms with Gasteiger partial charge in [0.25, 0.3) is 5.91 Å². The molecule has 0 saturated carbocycles. The molecule has 26 heavy (non-hydrogen) atoms. The second-order valence-corrected chi connectivity index (χ2v) is 7.17. The molecule has 0 fully saturated rings. The summed E-state index contributed by atoms with van der Waals surface area (Å²) in [7, 11) is 0. The van der Waals surface area contributed by atoms with Gasteiger partial charge >= 0.3 is 0 Å². The highest BCUT2D eigenvalue weighted by Crippen LogP contribution is 2.16. The van der Waals surface area contributed by atoms with Crippen molar-refractivity contribution in [1.29, 1.82) is 0 Å². The van der Waals surface area contributed by atoms with Gasteiger partial charge in [0.1, 0.15) is 5.75 Å². The number of carbonyl (C=O) groups is 2. The van der Waals surface area contributed by atoms with Gasteiger partial charge in [0.05, 0.1) is 5.75 Å². The van der Waals surface area contributed by atoms with Crippen LogP contribution in [-0.4, -0.2) is 24.2 Å². The number of thioether (sulfide) groups is 1. The van der Waals surface area contributed by atoms with Crippen molar-refractivity contribution in [3.05, 3.63) is 64.7 Å². The van der Waals surface area contributed by atoms with Gasteiger partial charge in [-0.05, 0) is 49.6 Å². The fraction of sp³-hybridized carbons (Fsp3) is 0.300. The number of aryl methyl sites for hydroxylation is 3. The average molecular weight is 372 g/mol. The summed E-state index contributed by atoms with van der Waals surface area (Å²) in [6.45, 7) is 5.82. The van der Waals surface area contributed by atoms with Gasteiger partial charge in [0.2, 0.25) is 5.91 Å². The molecule has 0 unspecified atom stereocenters. The van der Waals surface area contributed by atoms with E-state index < -0.39 is 5.91 Å². The molecule has 138 valence electrons. The van der Waals surface area contributed by atoms with Crippen LogP contribution in [0.2, 0.25) is 0 Å². The molecule has 0 radical (unpaired) electrons. The summed E-state index contributed by atoms with van der Waals surface area (Å²) in [5, 5.41) is 0. The van der Waals surface area contributed by atoms with Crippen LogP contribution in [0.5, 0.6) is 5.75 Å². The molecule has 0 aliphatic carbocycles. The van der Waals surface area contributed by atoms with Crippen LogP contribution in [-0.2, 0) is 15.3 Å². The Kier molecular flexibility index (Phi) is 7.53. The van der Waals surface area contributed by atoms with Gasteiger partial charge in [-0.1, -0.05) is 35.9 Å². The molecule has 2 rings (SSSR count). The second-order valence-electron chi connectivity index (χ2n) is 6.19. The van der Waals surface area contributed by atoms with E-state index in [1.807, 2.05) is 63.2 Å². The first-order chi connectivity index (χ1) is 12.4. The minimum absolute atomic E-state index is 0.153. The van der Waals surface area contributed by atoms with Crippen molar-refractivity contribution >= 4 is 23.6 Å². The van der Waals surface area contributed by atoms with Crippen LogP contribution in [0.4, 0.5) is 0 Å². The highest BCUT2D eigenvalue weighted by atomic mass is 32.2. The van der Waals surface area contributed by atoms with E-state index in [-0.39, 0.29) is 18.3 Å². The number of hydrogen-bond acceptors (Lipinski definition) is 4. The third-order valence-electron chi connectivity index (χ3n) is 3.53. The second kappa shape index (κ2) is 9.87. The van der Waals surface area contributed by atoms with E-state index in [9.17, 15) is 9.59 Å². The minimum atomic E-state index is -0.402. The first-order valence-electron chi connectivity index (χ1n) is 8.34. The van der Waals surface area contributed by atoms with Crippen LogP contribution in [0, 0.1) is 20.8 Å². The van der Waals surface area contributed by atoms with Crippen LogP contribution in [0.3, 0.4) is 0 Å². The minimum Gasteiger partial charge on any atom is -0.484 e. The first kappa shape index (κ1) is 19.8. The molecular weight excluding hydrogens is 348 g/mol. The van der Waals surface area contributed by atoms with E-state index in [0.29, 0.717) is 5.75 Å². The fourth-order valence-corrected chi connectivity index (χ4v) is 3.11. The van der Waals surface area contributed by atoms with Crippen LogP contribution < -0.4 is 15.6 Å². The van der Waals surface area contributed by atoms with Crippen molar-refractivity contribution in [1.82, 2.24) is 10.9 Å². The van der Waals surface area contributed by atoms with Gasteiger partial charge < -0.3 is 4.74 Å². The van der Waals surface area contributed by atoms with E-state index in [0.717, 1.165) is 16.9 Å². The number of carbonyl (C=O) groups excluding carboxylic acids is 2. The Morgan fingerprint density at radius 2 is 1.50 bits per heavy atom. The fourth-order valence-electron chi connectivity index (χ4n) is 2.32. The van der Waals surface area contributed by atoms with Crippen molar-refractivity contribution in [3.63, 3.8) is 0 Å². The number of rotatable bonds is 7. The zero-order valence-corrected chi connectivity index (χ0v) is 16.1. The lowest BCUT2D eigenvalue weighted by atomic mass is 10.1. The summed E-state index contributed by atoms with van der Waals surface area (Å²) >= 11 is 1.49. The van der Waals surface area contributed by atoms with Gasteiger partial charge in [-0.3, -0.25) is 20.4 Å². The zero-order valence-electron chi connectivity index (χ0n) is 15.3. The number of hydrazine groups is 1. The summed E-state index contributed by atoms with van der Waals surface area (Å²) in [6.07, 6.45) is 0. The molecule has 0 bridgehead atoms. The molecular formula is C20H24N2O3S. The molecule has 0 spiro atoms. The zero-order chi connectivity index (χ0) is 18.9. The predicted molar refractivity (Wildman–Crippen MR) is 105 cm³/mol. The Hall–Kier alpha value is -2.47. The van der Waals surface area contributed by atoms with Crippen LogP contribution in [0.15, 0.2) is 42.5 Å². The monoisotopic (exact) mass is 372 g/mol. The van der Waals surface area contributed by atoms with Crippen LogP contribution >= 0.6 is 11.8 Å². The van der Waals surface area contributed by atoms with Gasteiger partial charge in [-0.15, -0.1) is 11.8 Å². The molecule has 0 saturated heterocycles. The van der Waals surface area contributed by atoms with E-state index in [2.05, 4.69) is 10.9 Å². The molecule has 0 aromatic heterocycles. The molecule has 2 aromatic carbocycles. The number of amides is 2. The molecule has 0 heterocycles. The Balaban J connectivity index is 1.63. The van der Waals surface area contributed by atoms with E-state index in [1.54, 1.807) is 0 Å². The van der Waals surface area contributed by atoms with Gasteiger partial charge in [0, 0.05) is 5.75 Å². The maximum atomic E-state index is 11.8. The molecule has 2 aromatic rings. The van der Waals surface area contributed by atoms with Gasteiger partial charge in [-0.2, -0.15) is 0 Å². The average Bonchev–Trinajstić information content (AvgIpc) is 2.59. The van der Waals surface area contributed by atoms with Crippen molar-refractivity contribution in [2.45, 2.75) is 26.5 Å². The smallest absolute Gasteiger partial charge is 0.276 e. The Morgan fingerprint density at radius 1 is 0.885 bits per heavy atom. The normalized spacial score (nSPS) is 10.3. The third-order valence-corrected chi connectivity index (χ3v) is 4.53. The lowest BCUT2D eigenvalue weighted by molar-refractivity contribution is -0.128. The third kappa shape index (κ3) is 7.19. The molecule has 0 aliphatic heterocycles. The summed E-state index contributed by atoms with van der Waals surface area (Å²) < 4.78 is 5.44. The summed E-state index contributed by atoms with van der Waals surface area (Å²) in [6, 6.07) is 13.9. The molecule has 0 aliphatic rings. The molecule has 0 atom stereocenters. The number of hydrogen-bond donors (Lipinski definition) is 2. The van der Waals surface area contributed by atoms with Gasteiger partial charge in [0.15, 0.2) is 6.61 Å². The molecule has 2 amide bonds. The Bertz CT molecular complexity index is 740. The standard InChI is InChI=1S/C20H24N2O3S/c1-14-4-6-17(7-5-14)12-26-13-20(24)22-21-19(23)11-25-18-9-15(2)8-16(3)10-18/h4-10H,11-13H2,1-3H3,(H,21,23)(H,22,24). The maximum Gasteiger partial charge on any atom is 0.276 e. The highest BCUT2D eigenvalue weighted by molar-refractivity contribution is 7.99. The topological polar surface area (TPSA) is 67.4 Å². The Labute approximate surface area is 158 Å². The first-order valence-corrected chi connectivity index (χ1v) is 9.50. The van der Waals surface area contributed by atoms with E-state index in [1.165, 1.54) is 22.9 Å². The van der Waals surface area contributed by atoms with Crippen molar-refractivity contribution in [3.8, 4) is 5.75 Å². The van der Waals surface area contributed by atoms with Crippen LogP contribution in [0.1, 0.15) is 22.3 Å². The van der Waals surface area contributed by atoms with Gasteiger partial charge in [-0.25, -0.2) is 0 Å². The SMILES string of the molecule is Cc1ccc(CSCC(=O)NNC(=O)COc2cc(C)cc(C)c2)cc1. The quantitative estimate of drug-likeness (QED) is 0.733. The van der Waals surface area contributed by atoms with E-state index >= 15 is 0 Å².